The van der Waals surface area contributed by atoms with Crippen molar-refractivity contribution in [1.82, 2.24) is 4.98 Å². The van der Waals surface area contributed by atoms with E-state index in [2.05, 4.69) is 19.2 Å². The summed E-state index contributed by atoms with van der Waals surface area (Å²) in [4.78, 5) is 14.9. The molecule has 0 radical (unpaired) electrons. The number of pyridine rings is 1. The summed E-state index contributed by atoms with van der Waals surface area (Å²) in [6.45, 7) is 0.0970. The minimum absolute atomic E-state index is 0.0232. The average Bonchev–Trinajstić information content (AvgIpc) is 2.36. The zero-order chi connectivity index (χ0) is 15.3. The van der Waals surface area contributed by atoms with Gasteiger partial charge in [-0.2, -0.15) is 4.98 Å². The van der Waals surface area contributed by atoms with E-state index in [-0.39, 0.29) is 12.5 Å². The van der Waals surface area contributed by atoms with Gasteiger partial charge in [-0.1, -0.05) is 0 Å². The van der Waals surface area contributed by atoms with Crippen LogP contribution in [-0.4, -0.2) is 31.0 Å². The highest BCUT2D eigenvalue weighted by Gasteiger charge is 2.34. The number of esters is 1. The molecule has 1 aromatic rings. The first kappa shape index (κ1) is 16.0. The molecule has 20 heavy (non-hydrogen) atoms. The number of aromatic nitrogens is 1. The number of carbonyl (C=O) groups excluding carboxylic acids is 1. The normalized spacial score (nSPS) is 11.1. The molecule has 9 heteroatoms. The number of carbonyl (C=O) groups is 1. The number of rotatable bonds is 5. The van der Waals surface area contributed by atoms with Crippen LogP contribution in [-0.2, 0) is 11.4 Å². The van der Waals surface area contributed by atoms with Crippen LogP contribution in [0.25, 0.3) is 0 Å². The monoisotopic (exact) mass is 297 g/mol. The summed E-state index contributed by atoms with van der Waals surface area (Å²) in [5.74, 6) is -2.40. The molecule has 0 unspecified atom stereocenters. The van der Waals surface area contributed by atoms with E-state index in [0.717, 1.165) is 13.2 Å². The van der Waals surface area contributed by atoms with Crippen molar-refractivity contribution in [2.75, 3.05) is 13.7 Å². The maximum atomic E-state index is 12.9. The van der Waals surface area contributed by atoms with Gasteiger partial charge in [-0.25, -0.2) is 9.18 Å². The number of alkyl halides is 4. The van der Waals surface area contributed by atoms with Crippen molar-refractivity contribution < 1.29 is 36.6 Å². The molecule has 1 aromatic heterocycles. The fourth-order valence-electron chi connectivity index (χ4n) is 1.34. The van der Waals surface area contributed by atoms with E-state index in [1.54, 1.807) is 0 Å². The topological polar surface area (TPSA) is 57.7 Å². The fourth-order valence-corrected chi connectivity index (χ4v) is 1.34. The number of halogens is 4. The molecule has 0 aromatic carbocycles. The lowest BCUT2D eigenvalue weighted by Gasteiger charge is -2.14. The van der Waals surface area contributed by atoms with Gasteiger partial charge in [0.1, 0.15) is 6.67 Å². The molecule has 0 aliphatic carbocycles. The molecule has 0 aliphatic rings. The lowest BCUT2D eigenvalue weighted by atomic mass is 10.1. The molecule has 0 amide bonds. The highest BCUT2D eigenvalue weighted by atomic mass is 19.4. The van der Waals surface area contributed by atoms with Gasteiger partial charge in [-0.05, 0) is 6.92 Å². The highest BCUT2D eigenvalue weighted by Crippen LogP contribution is 2.30. The maximum Gasteiger partial charge on any atom is 0.574 e. The SMILES string of the molecule is CCOC(=O)c1cc(OC)nc(OC(F)(F)F)c1CF. The van der Waals surface area contributed by atoms with Gasteiger partial charge in [0.15, 0.2) is 0 Å². The number of hydrogen-bond acceptors (Lipinski definition) is 5. The van der Waals surface area contributed by atoms with Crippen molar-refractivity contribution in [3.05, 3.63) is 17.2 Å². The van der Waals surface area contributed by atoms with Crippen LogP contribution in [0.4, 0.5) is 17.6 Å². The molecule has 5 nitrogen and oxygen atoms in total. The van der Waals surface area contributed by atoms with Gasteiger partial charge >= 0.3 is 12.3 Å². The molecule has 112 valence electrons. The van der Waals surface area contributed by atoms with E-state index >= 15 is 0 Å². The standard InChI is InChI=1S/C11H11F4NO4/c1-3-19-10(17)6-4-8(18-2)16-9(7(6)5-12)20-11(13,14)15/h4H,3,5H2,1-2H3. The molecule has 1 rings (SSSR count). The van der Waals surface area contributed by atoms with E-state index in [9.17, 15) is 22.4 Å². The molecule has 0 bridgehead atoms. The van der Waals surface area contributed by atoms with Gasteiger partial charge in [0.2, 0.25) is 11.8 Å². The smallest absolute Gasteiger partial charge is 0.481 e. The predicted octanol–water partition coefficient (Wildman–Crippen LogP) is 2.64. The second-order valence-electron chi connectivity index (χ2n) is 3.40. The Kier molecular flexibility index (Phi) is 5.12. The third-order valence-electron chi connectivity index (χ3n) is 2.11. The summed E-state index contributed by atoms with van der Waals surface area (Å²) in [6.07, 6.45) is -5.07. The zero-order valence-electron chi connectivity index (χ0n) is 10.6. The van der Waals surface area contributed by atoms with Gasteiger partial charge in [0.05, 0.1) is 24.8 Å². The molecule has 0 aliphatic heterocycles. The summed E-state index contributed by atoms with van der Waals surface area (Å²) in [7, 11) is 1.13. The summed E-state index contributed by atoms with van der Waals surface area (Å²) in [5.41, 5.74) is -1.08. The van der Waals surface area contributed by atoms with Crippen molar-refractivity contribution in [1.29, 1.82) is 0 Å². The summed E-state index contributed by atoms with van der Waals surface area (Å²) < 4.78 is 62.5. The van der Waals surface area contributed by atoms with Gasteiger partial charge in [-0.3, -0.25) is 0 Å². The Morgan fingerprint density at radius 2 is 2.05 bits per heavy atom. The molecule has 0 fully saturated rings. The third-order valence-corrected chi connectivity index (χ3v) is 2.11. The van der Waals surface area contributed by atoms with Crippen molar-refractivity contribution in [3.8, 4) is 11.8 Å². The van der Waals surface area contributed by atoms with E-state index in [4.69, 9.17) is 0 Å². The quantitative estimate of drug-likeness (QED) is 0.617. The Morgan fingerprint density at radius 3 is 2.50 bits per heavy atom. The molecule has 0 saturated heterocycles. The summed E-state index contributed by atoms with van der Waals surface area (Å²) in [6, 6.07) is 0.982. The van der Waals surface area contributed by atoms with Crippen LogP contribution in [0.1, 0.15) is 22.8 Å². The van der Waals surface area contributed by atoms with E-state index < -0.39 is 36.0 Å². The molecule has 0 atom stereocenters. The Bertz CT molecular complexity index is 490. The second-order valence-corrected chi connectivity index (χ2v) is 3.40. The van der Waals surface area contributed by atoms with Crippen LogP contribution in [0.2, 0.25) is 0 Å². The number of ether oxygens (including phenoxy) is 3. The fraction of sp³-hybridized carbons (Fsp3) is 0.455. The molecule has 1 heterocycles. The van der Waals surface area contributed by atoms with Crippen molar-refractivity contribution >= 4 is 5.97 Å². The van der Waals surface area contributed by atoms with Gasteiger partial charge in [0.25, 0.3) is 0 Å². The maximum absolute atomic E-state index is 12.9. The predicted molar refractivity (Wildman–Crippen MR) is 58.2 cm³/mol. The highest BCUT2D eigenvalue weighted by molar-refractivity contribution is 5.92. The minimum atomic E-state index is -5.07. The lowest BCUT2D eigenvalue weighted by Crippen LogP contribution is -2.20. The number of nitrogens with zero attached hydrogens (tertiary/aromatic N) is 1. The summed E-state index contributed by atoms with van der Waals surface area (Å²) in [5, 5.41) is 0. The van der Waals surface area contributed by atoms with Crippen LogP contribution >= 0.6 is 0 Å². The van der Waals surface area contributed by atoms with Crippen molar-refractivity contribution in [2.24, 2.45) is 0 Å². The van der Waals surface area contributed by atoms with Gasteiger partial charge in [0, 0.05) is 6.07 Å². The first-order valence-electron chi connectivity index (χ1n) is 5.39. The number of hydrogen-bond donors (Lipinski definition) is 0. The Morgan fingerprint density at radius 1 is 1.40 bits per heavy atom. The van der Waals surface area contributed by atoms with Crippen molar-refractivity contribution in [2.45, 2.75) is 20.0 Å². The Labute approximate surface area is 111 Å². The van der Waals surface area contributed by atoms with Gasteiger partial charge in [-0.15, -0.1) is 13.2 Å². The first-order valence-corrected chi connectivity index (χ1v) is 5.39. The van der Waals surface area contributed by atoms with Gasteiger partial charge < -0.3 is 14.2 Å². The first-order chi connectivity index (χ1) is 9.32. The number of methoxy groups -OCH3 is 1. The summed E-state index contributed by atoms with van der Waals surface area (Å²) >= 11 is 0. The molecular formula is C11H11F4NO4. The van der Waals surface area contributed by atoms with Crippen LogP contribution in [0, 0.1) is 0 Å². The van der Waals surface area contributed by atoms with Crippen molar-refractivity contribution in [3.63, 3.8) is 0 Å². The van der Waals surface area contributed by atoms with E-state index in [0.29, 0.717) is 0 Å². The van der Waals surface area contributed by atoms with E-state index in [1.807, 2.05) is 0 Å². The second kappa shape index (κ2) is 6.40. The average molecular weight is 297 g/mol. The minimum Gasteiger partial charge on any atom is -0.481 e. The third kappa shape index (κ3) is 3.97. The molecular weight excluding hydrogens is 286 g/mol. The van der Waals surface area contributed by atoms with Crippen LogP contribution in [0.15, 0.2) is 6.07 Å². The Hall–Kier alpha value is -2.06. The molecule has 0 spiro atoms. The molecule has 0 N–H and O–H groups in total. The van der Waals surface area contributed by atoms with E-state index in [1.165, 1.54) is 6.92 Å². The van der Waals surface area contributed by atoms with Crippen LogP contribution in [0.5, 0.6) is 11.8 Å². The lowest BCUT2D eigenvalue weighted by molar-refractivity contribution is -0.276. The molecule has 0 saturated carbocycles. The van der Waals surface area contributed by atoms with Crippen LogP contribution < -0.4 is 9.47 Å². The Balaban J connectivity index is 3.34. The zero-order valence-corrected chi connectivity index (χ0v) is 10.6. The van der Waals surface area contributed by atoms with Crippen LogP contribution in [0.3, 0.4) is 0 Å². The largest absolute Gasteiger partial charge is 0.574 e.